The third kappa shape index (κ3) is 2.48. The average molecular weight is 247 g/mol. The molecule has 0 aliphatic carbocycles. The molecule has 2 aromatic rings. The molecular formula is C14H21N3O. The summed E-state index contributed by atoms with van der Waals surface area (Å²) in [6, 6.07) is 5.86. The fraction of sp³-hybridized carbons (Fsp3) is 0.500. The number of unbranched alkanes of at least 4 members (excludes halogenated alkanes) is 1. The van der Waals surface area contributed by atoms with E-state index in [4.69, 9.17) is 10.8 Å². The zero-order chi connectivity index (χ0) is 13.1. The molecule has 18 heavy (non-hydrogen) atoms. The number of aliphatic hydroxyl groups is 1. The van der Waals surface area contributed by atoms with Crippen LogP contribution in [0.25, 0.3) is 11.0 Å². The first-order valence-electron chi connectivity index (χ1n) is 6.50. The van der Waals surface area contributed by atoms with Crippen LogP contribution in [0.1, 0.15) is 38.4 Å². The lowest BCUT2D eigenvalue weighted by molar-refractivity contribution is 0.281. The summed E-state index contributed by atoms with van der Waals surface area (Å²) in [5.74, 6) is 1.47. The number of rotatable bonds is 5. The van der Waals surface area contributed by atoms with Crippen LogP contribution in [0, 0.1) is 0 Å². The normalized spacial score (nSPS) is 11.6. The molecule has 0 saturated heterocycles. The predicted molar refractivity (Wildman–Crippen MR) is 74.6 cm³/mol. The Morgan fingerprint density at radius 2 is 2.11 bits per heavy atom. The van der Waals surface area contributed by atoms with E-state index < -0.39 is 0 Å². The Hall–Kier alpha value is -1.55. The Bertz CT molecular complexity index is 531. The summed E-state index contributed by atoms with van der Waals surface area (Å²) >= 11 is 0. The van der Waals surface area contributed by atoms with Crippen LogP contribution in [-0.2, 0) is 6.54 Å². The van der Waals surface area contributed by atoms with Crippen molar-refractivity contribution in [2.75, 3.05) is 12.3 Å². The number of aromatic nitrogens is 2. The van der Waals surface area contributed by atoms with Crippen LogP contribution >= 0.6 is 0 Å². The maximum absolute atomic E-state index is 8.88. The van der Waals surface area contributed by atoms with Crippen LogP contribution in [0.15, 0.2) is 18.2 Å². The van der Waals surface area contributed by atoms with Crippen LogP contribution in [0.2, 0.25) is 0 Å². The molecule has 0 aliphatic heterocycles. The molecule has 0 unspecified atom stereocenters. The number of fused-ring (bicyclic) bond motifs is 1. The lowest BCUT2D eigenvalue weighted by Gasteiger charge is -2.10. The van der Waals surface area contributed by atoms with Crippen molar-refractivity contribution in [3.63, 3.8) is 0 Å². The van der Waals surface area contributed by atoms with E-state index in [-0.39, 0.29) is 6.61 Å². The fourth-order valence-electron chi connectivity index (χ4n) is 2.22. The zero-order valence-corrected chi connectivity index (χ0v) is 11.1. The summed E-state index contributed by atoms with van der Waals surface area (Å²) in [6.45, 7) is 5.44. The monoisotopic (exact) mass is 247 g/mol. The topological polar surface area (TPSA) is 64.1 Å². The molecular weight excluding hydrogens is 226 g/mol. The van der Waals surface area contributed by atoms with Crippen molar-refractivity contribution in [3.05, 3.63) is 24.0 Å². The average Bonchev–Trinajstić information content (AvgIpc) is 2.68. The third-order valence-corrected chi connectivity index (χ3v) is 3.11. The molecule has 0 saturated carbocycles. The van der Waals surface area contributed by atoms with Gasteiger partial charge in [-0.3, -0.25) is 0 Å². The van der Waals surface area contributed by atoms with Crippen molar-refractivity contribution in [1.82, 2.24) is 9.55 Å². The van der Waals surface area contributed by atoms with E-state index >= 15 is 0 Å². The van der Waals surface area contributed by atoms with Crippen LogP contribution in [0.4, 0.5) is 5.69 Å². The van der Waals surface area contributed by atoms with Gasteiger partial charge in [0.05, 0.1) is 11.0 Å². The molecule has 4 heteroatoms. The van der Waals surface area contributed by atoms with E-state index in [2.05, 4.69) is 23.4 Å². The minimum atomic E-state index is 0.247. The van der Waals surface area contributed by atoms with Crippen LogP contribution in [0.3, 0.4) is 0 Å². The van der Waals surface area contributed by atoms with E-state index in [1.54, 1.807) is 0 Å². The van der Waals surface area contributed by atoms with E-state index in [1.807, 2.05) is 18.2 Å². The highest BCUT2D eigenvalue weighted by molar-refractivity contribution is 5.79. The van der Waals surface area contributed by atoms with Crippen molar-refractivity contribution in [2.45, 2.75) is 39.2 Å². The van der Waals surface area contributed by atoms with Gasteiger partial charge >= 0.3 is 0 Å². The van der Waals surface area contributed by atoms with Crippen molar-refractivity contribution in [3.8, 4) is 0 Å². The molecule has 0 aliphatic rings. The van der Waals surface area contributed by atoms with Crippen LogP contribution in [0.5, 0.6) is 0 Å². The number of nitrogens with zero attached hydrogens (tertiary/aromatic N) is 2. The molecule has 3 N–H and O–H groups in total. The van der Waals surface area contributed by atoms with Gasteiger partial charge in [0.2, 0.25) is 0 Å². The number of nitrogen functional groups attached to an aromatic ring is 1. The van der Waals surface area contributed by atoms with Gasteiger partial charge in [0, 0.05) is 24.8 Å². The summed E-state index contributed by atoms with van der Waals surface area (Å²) in [4.78, 5) is 4.67. The van der Waals surface area contributed by atoms with Gasteiger partial charge in [-0.25, -0.2) is 4.98 Å². The number of aryl methyl sites for hydroxylation is 1. The van der Waals surface area contributed by atoms with Gasteiger partial charge in [0.1, 0.15) is 5.82 Å². The van der Waals surface area contributed by atoms with Gasteiger partial charge in [0.15, 0.2) is 0 Å². The number of benzene rings is 1. The van der Waals surface area contributed by atoms with Crippen LogP contribution < -0.4 is 5.73 Å². The van der Waals surface area contributed by atoms with Crippen molar-refractivity contribution >= 4 is 16.7 Å². The molecule has 0 spiro atoms. The van der Waals surface area contributed by atoms with Gasteiger partial charge in [-0.15, -0.1) is 0 Å². The van der Waals surface area contributed by atoms with Gasteiger partial charge in [-0.05, 0) is 31.0 Å². The van der Waals surface area contributed by atoms with Gasteiger partial charge in [-0.1, -0.05) is 13.8 Å². The van der Waals surface area contributed by atoms with E-state index in [1.165, 1.54) is 0 Å². The number of aliphatic hydroxyl groups excluding tert-OH is 1. The van der Waals surface area contributed by atoms with Crippen molar-refractivity contribution < 1.29 is 5.11 Å². The lowest BCUT2D eigenvalue weighted by Crippen LogP contribution is -2.06. The van der Waals surface area contributed by atoms with Gasteiger partial charge < -0.3 is 15.4 Å². The van der Waals surface area contributed by atoms with Gasteiger partial charge in [-0.2, -0.15) is 0 Å². The molecule has 0 amide bonds. The first-order chi connectivity index (χ1) is 8.63. The van der Waals surface area contributed by atoms with E-state index in [0.717, 1.165) is 41.9 Å². The predicted octanol–water partition coefficient (Wildman–Crippen LogP) is 2.51. The Morgan fingerprint density at radius 1 is 1.33 bits per heavy atom. The maximum atomic E-state index is 8.88. The number of imidazole rings is 1. The molecule has 0 atom stereocenters. The number of anilines is 1. The van der Waals surface area contributed by atoms with Crippen molar-refractivity contribution in [1.29, 1.82) is 0 Å². The molecule has 1 heterocycles. The van der Waals surface area contributed by atoms with Crippen LogP contribution in [-0.4, -0.2) is 21.3 Å². The lowest BCUT2D eigenvalue weighted by atomic mass is 10.2. The highest BCUT2D eigenvalue weighted by Crippen LogP contribution is 2.24. The number of hydrogen-bond acceptors (Lipinski definition) is 3. The molecule has 0 radical (unpaired) electrons. The molecule has 0 fully saturated rings. The Morgan fingerprint density at radius 3 is 2.78 bits per heavy atom. The number of nitrogens with two attached hydrogens (primary N) is 1. The smallest absolute Gasteiger partial charge is 0.112 e. The second-order valence-corrected chi connectivity index (χ2v) is 4.96. The standard InChI is InChI=1S/C14H21N3O/c1-10(2)14-16-12-9-11(15)5-6-13(12)17(14)7-3-4-8-18/h5-6,9-10,18H,3-4,7-8,15H2,1-2H3. The fourth-order valence-corrected chi connectivity index (χ4v) is 2.22. The summed E-state index contributed by atoms with van der Waals surface area (Å²) in [6.07, 6.45) is 1.79. The second kappa shape index (κ2) is 5.40. The summed E-state index contributed by atoms with van der Waals surface area (Å²) in [5, 5.41) is 8.88. The zero-order valence-electron chi connectivity index (χ0n) is 11.1. The highest BCUT2D eigenvalue weighted by Gasteiger charge is 2.13. The Balaban J connectivity index is 2.42. The molecule has 4 nitrogen and oxygen atoms in total. The maximum Gasteiger partial charge on any atom is 0.112 e. The van der Waals surface area contributed by atoms with E-state index in [9.17, 15) is 0 Å². The summed E-state index contributed by atoms with van der Waals surface area (Å²) < 4.78 is 2.25. The third-order valence-electron chi connectivity index (χ3n) is 3.11. The molecule has 0 bridgehead atoms. The quantitative estimate of drug-likeness (QED) is 0.630. The largest absolute Gasteiger partial charge is 0.399 e. The Labute approximate surface area is 107 Å². The summed E-state index contributed by atoms with van der Waals surface area (Å²) in [7, 11) is 0. The SMILES string of the molecule is CC(C)c1nc2cc(N)ccc2n1CCCCO. The molecule has 2 rings (SSSR count). The summed E-state index contributed by atoms with van der Waals surface area (Å²) in [5.41, 5.74) is 8.64. The minimum absolute atomic E-state index is 0.247. The first kappa shape index (κ1) is 12.9. The number of hydrogen-bond donors (Lipinski definition) is 2. The molecule has 1 aromatic heterocycles. The first-order valence-corrected chi connectivity index (χ1v) is 6.50. The second-order valence-electron chi connectivity index (χ2n) is 4.96. The minimum Gasteiger partial charge on any atom is -0.399 e. The molecule has 1 aromatic carbocycles. The Kier molecular flexibility index (Phi) is 3.87. The molecule has 98 valence electrons. The van der Waals surface area contributed by atoms with Crippen molar-refractivity contribution in [2.24, 2.45) is 0 Å². The van der Waals surface area contributed by atoms with Gasteiger partial charge in [0.25, 0.3) is 0 Å². The highest BCUT2D eigenvalue weighted by atomic mass is 16.2. The van der Waals surface area contributed by atoms with E-state index in [0.29, 0.717) is 5.92 Å².